The molecule has 0 aliphatic heterocycles. The van der Waals surface area contributed by atoms with Crippen LogP contribution in [0.1, 0.15) is 270 Å². The summed E-state index contributed by atoms with van der Waals surface area (Å²) in [4.78, 5) is 109. The van der Waals surface area contributed by atoms with E-state index in [-0.39, 0.29) is 96.9 Å². The van der Waals surface area contributed by atoms with E-state index in [0.29, 0.717) is 51.4 Å². The maximum atomic E-state index is 11.9. The van der Waals surface area contributed by atoms with E-state index in [2.05, 4.69) is 21.3 Å². The molecule has 6 amide bonds. The number of ether oxygens (including phenoxy) is 4. The van der Waals surface area contributed by atoms with Gasteiger partial charge in [-0.15, -0.1) is 0 Å². The second-order valence-electron chi connectivity index (χ2n) is 27.5. The zero-order chi connectivity index (χ0) is 68.9. The summed E-state index contributed by atoms with van der Waals surface area (Å²) in [5.41, 5.74) is 9.22. The van der Waals surface area contributed by atoms with Crippen LogP contribution in [0.5, 0.6) is 0 Å². The smallest absolute Gasteiger partial charge is 1.00 e. The number of rotatable bonds is 12. The molecule has 0 saturated heterocycles. The Balaban J connectivity index is -0.000000137. The first kappa shape index (κ1) is 102. The largest absolute Gasteiger partial charge is 1.00 e. The summed E-state index contributed by atoms with van der Waals surface area (Å²) in [6.07, 6.45) is 15.2. The average Bonchev–Trinajstić information content (AvgIpc) is 1.09. The average molecular weight is 1390 g/mol. The molecule has 15 N–H and O–H groups in total. The number of primary amides is 2. The molecule has 542 valence electrons. The van der Waals surface area contributed by atoms with E-state index < -0.39 is 125 Å². The van der Waals surface area contributed by atoms with Gasteiger partial charge in [-0.2, -0.15) is 5.26 Å². The minimum Gasteiger partial charge on any atom is -1.00 e. The van der Waals surface area contributed by atoms with Gasteiger partial charge >= 0.3 is 78.8 Å². The first-order valence-electron chi connectivity index (χ1n) is 31.1. The predicted molar refractivity (Wildman–Crippen MR) is 361 cm³/mol. The molecule has 94 heavy (non-hydrogen) atoms. The van der Waals surface area contributed by atoms with Gasteiger partial charge in [0.2, 0.25) is 17.8 Å². The summed E-state index contributed by atoms with van der Waals surface area (Å²) < 4.78 is 36.8. The third-order valence-electron chi connectivity index (χ3n) is 14.8. The second-order valence-corrected chi connectivity index (χ2v) is 29.2. The Morgan fingerprint density at radius 3 is 1.11 bits per heavy atom. The Bertz CT molecular complexity index is 2390. The van der Waals surface area contributed by atoms with E-state index in [1.807, 2.05) is 6.07 Å². The van der Waals surface area contributed by atoms with Gasteiger partial charge in [0.05, 0.1) is 28.2 Å². The fourth-order valence-corrected chi connectivity index (χ4v) is 10.5. The van der Waals surface area contributed by atoms with Crippen molar-refractivity contribution in [3.8, 4) is 6.07 Å². The Hall–Kier alpha value is -3.52. The number of carboxylic acid groups (broad SMARTS) is 1. The van der Waals surface area contributed by atoms with Gasteiger partial charge in [-0.3, -0.25) is 18.9 Å². The molecule has 0 aromatic rings. The molecule has 5 saturated carbocycles. The number of hydrogen-bond donors (Lipinski definition) is 12. The minimum absolute atomic E-state index is 0. The van der Waals surface area contributed by atoms with Crippen molar-refractivity contribution >= 4 is 79.2 Å². The topological polar surface area (TPSA) is 459 Å². The van der Waals surface area contributed by atoms with Crippen molar-refractivity contribution in [2.24, 2.45) is 17.2 Å². The van der Waals surface area contributed by atoms with Crippen LogP contribution in [0.2, 0.25) is 0 Å². The Kier molecular flexibility index (Phi) is 50.4. The number of nitrogens with one attached hydrogen (secondary N) is 4. The predicted octanol–water partition coefficient (Wildman–Crippen LogP) is 2.40. The van der Waals surface area contributed by atoms with Gasteiger partial charge in [0.15, 0.2) is 29.6 Å². The first-order chi connectivity index (χ1) is 40.8. The van der Waals surface area contributed by atoms with Crippen LogP contribution in [-0.2, 0) is 47.5 Å². The molecule has 5 aliphatic carbocycles. The van der Waals surface area contributed by atoms with Crippen molar-refractivity contribution in [1.29, 1.82) is 5.26 Å². The summed E-state index contributed by atoms with van der Waals surface area (Å²) in [7, 11) is -3.67. The van der Waals surface area contributed by atoms with Gasteiger partial charge in [0.1, 0.15) is 40.3 Å². The standard InChI is InChI=1S/C13H24N2O4.C13H22N2O3.C12H21NO4.C12H21NO3.C8H16N2O2.C2H5O3P.3CH4.Al.Li.Na.5H/c1-12(2,3)19-11(18)15-13(9(16)10(14)17)7-5-4-6-8-13;1-12(2,3)18-11(17)15-13(10(16)9-14)7-5-4-6-8-13;1-11(2,3)17-10(16)13-12(9(14)15)7-5-4-6-8-12;1-11(2,3)16-10(15)13-12(9-14)7-5-4-6-8-12;9-7(12)6(11)8(10)4-2-1-3-5-8;1-6(4,5)2-3;;;;;;;;;;;/h9,16H,4-8H2,1-3H3,(H2,14,17)(H,15,18);10,16H,4-8H2,1-3H3,(H,15,17);4-8H2,1-3H3,(H,13,16)(H,14,15);9H,4-8H2,1-3H3,(H,13,15);6,11H,1-5,10H2,(H2,9,12);2H,1H3,(H,4,5);3*1H4;;;;;;;;/q;;;;;;;;;;2*+1;;;;2*-1/i;;;;;1D;;;;;;;;;;;. The number of aldehydes is 1. The summed E-state index contributed by atoms with van der Waals surface area (Å²) in [6, 6.07) is 1.75. The molecular formula is C63H126AlLiN8NaO19P. The monoisotopic (exact) mass is 1390 g/mol. The molecule has 27 nitrogen and oxygen atoms in total. The molecule has 0 bridgehead atoms. The molecule has 5 fully saturated rings. The number of alkyl carbamates (subject to hydrolysis) is 4. The third-order valence-corrected chi connectivity index (χ3v) is 15.1. The summed E-state index contributed by atoms with van der Waals surface area (Å²) in [5.74, 6) is -2.50. The zero-order valence-electron chi connectivity index (χ0n) is 59.3. The van der Waals surface area contributed by atoms with E-state index >= 15 is 0 Å². The molecule has 0 radical (unpaired) electrons. The van der Waals surface area contributed by atoms with Gasteiger partial charge in [-0.1, -0.05) is 119 Å². The summed E-state index contributed by atoms with van der Waals surface area (Å²) in [6.45, 7) is 20.6. The maximum absolute atomic E-state index is 11.9. The number of hydrogen-bond acceptors (Lipinski definition) is 19. The number of aliphatic hydroxyl groups is 3. The van der Waals surface area contributed by atoms with Crippen LogP contribution in [0.25, 0.3) is 0 Å². The molecule has 4 atom stereocenters. The van der Waals surface area contributed by atoms with E-state index in [0.717, 1.165) is 115 Å². The SMILES string of the molecule is C.C.C.CC(C)(C)OC(=O)NC1(C(=O)O)CCCCC1.CC(C)(C)OC(=O)NC1(C(O)C#N)CCCCC1.CC(C)(C)OC(=O)NC1(C(O)C(N)=O)CCCCC1.CC(C)(C)OC(=O)NC1(C=O)CCCCC1.NC(=O)C(O)C1(N)CCCCC1.[2H]CP(=O)(O)C=O.[AlH3].[H-].[H-].[Li+].[Na+]. The van der Waals surface area contributed by atoms with Crippen LogP contribution < -0.4 is 86.9 Å². The molecule has 0 aromatic heterocycles. The number of aliphatic hydroxyl groups excluding tert-OH is 3. The number of nitriles is 1. The molecule has 5 aliphatic rings. The fourth-order valence-electron chi connectivity index (χ4n) is 10.5. The number of amides is 6. The van der Waals surface area contributed by atoms with E-state index in [9.17, 15) is 68.1 Å². The van der Waals surface area contributed by atoms with E-state index in [4.69, 9.17) is 47.7 Å². The summed E-state index contributed by atoms with van der Waals surface area (Å²) >= 11 is 0. The van der Waals surface area contributed by atoms with Crippen molar-refractivity contribution < 1.29 is 145 Å². The normalized spacial score (nSPS) is 19.5. The number of carboxylic acids is 1. The van der Waals surface area contributed by atoms with Gasteiger partial charge in [0.25, 0.3) is 7.37 Å². The molecule has 0 spiro atoms. The molecule has 4 unspecified atom stereocenters. The molecular weight excluding hydrogens is 1260 g/mol. The fraction of sp³-hybridized carbons (Fsp3) is 0.841. The molecule has 31 heteroatoms. The number of carbonyl (C=O) groups excluding carboxylic acids is 8. The third kappa shape index (κ3) is 42.3. The molecule has 0 heterocycles. The number of nitrogens with two attached hydrogens (primary N) is 3. The quantitative estimate of drug-likeness (QED) is 0.0439. The first-order valence-corrected chi connectivity index (χ1v) is 32.3. The van der Waals surface area contributed by atoms with Crippen LogP contribution in [-0.4, -0.2) is 172 Å². The summed E-state index contributed by atoms with van der Waals surface area (Å²) in [5, 5.41) is 58.0. The van der Waals surface area contributed by atoms with E-state index in [1.165, 1.54) is 0 Å². The minimum atomic E-state index is -3.67. The van der Waals surface area contributed by atoms with Gasteiger partial charge in [0, 0.05) is 8.01 Å². The van der Waals surface area contributed by atoms with Crippen molar-refractivity contribution in [3.05, 3.63) is 0 Å². The second kappa shape index (κ2) is 46.7. The maximum Gasteiger partial charge on any atom is 1.00 e. The van der Waals surface area contributed by atoms with Crippen LogP contribution in [0.3, 0.4) is 0 Å². The Morgan fingerprint density at radius 1 is 0.543 bits per heavy atom. The van der Waals surface area contributed by atoms with E-state index in [1.54, 1.807) is 83.1 Å². The molecule has 5 rings (SSSR count). The van der Waals surface area contributed by atoms with Crippen LogP contribution in [0.4, 0.5) is 19.2 Å². The van der Waals surface area contributed by atoms with Crippen molar-refractivity contribution in [2.45, 2.75) is 334 Å². The van der Waals surface area contributed by atoms with Crippen molar-refractivity contribution in [3.63, 3.8) is 0 Å². The van der Waals surface area contributed by atoms with Crippen LogP contribution in [0, 0.1) is 11.3 Å². The van der Waals surface area contributed by atoms with Crippen LogP contribution in [0.15, 0.2) is 0 Å². The molecule has 0 aromatic carbocycles. The van der Waals surface area contributed by atoms with Gasteiger partial charge in [-0.05, 0) is 147 Å². The van der Waals surface area contributed by atoms with Crippen molar-refractivity contribution in [1.82, 2.24) is 21.3 Å². The van der Waals surface area contributed by atoms with Gasteiger partial charge < -0.3 is 90.4 Å². The van der Waals surface area contributed by atoms with Crippen molar-refractivity contribution in [2.75, 3.05) is 6.64 Å². The van der Waals surface area contributed by atoms with Gasteiger partial charge in [-0.25, -0.2) is 24.0 Å². The van der Waals surface area contributed by atoms with Crippen LogP contribution >= 0.6 is 7.37 Å². The number of aliphatic carboxylic acids is 1. The number of nitrogens with zero attached hydrogens (tertiary/aromatic N) is 1. The Labute approximate surface area is 610 Å². The number of carbonyl (C=O) groups is 9. The zero-order valence-corrected chi connectivity index (χ0v) is 59.2. The Morgan fingerprint density at radius 2 is 0.830 bits per heavy atom.